The van der Waals surface area contributed by atoms with Gasteiger partial charge in [0.05, 0.1) is 12.1 Å². The first-order valence-corrected chi connectivity index (χ1v) is 8.60. The highest BCUT2D eigenvalue weighted by molar-refractivity contribution is 5.45. The Hall–Kier alpha value is -1.34. The molecule has 1 aromatic rings. The minimum absolute atomic E-state index is 0.291. The molecule has 0 bridgehead atoms. The maximum absolute atomic E-state index is 5.67. The van der Waals surface area contributed by atoms with Crippen molar-refractivity contribution in [2.45, 2.75) is 31.4 Å². The van der Waals surface area contributed by atoms with Gasteiger partial charge in [0.1, 0.15) is 0 Å². The van der Waals surface area contributed by atoms with Crippen LogP contribution in [0.2, 0.25) is 0 Å². The second-order valence-corrected chi connectivity index (χ2v) is 6.50. The van der Waals surface area contributed by atoms with Crippen LogP contribution in [0.1, 0.15) is 30.9 Å². The molecular formula is C17H25N3O3. The molecule has 0 aromatic heterocycles. The molecule has 6 nitrogen and oxygen atoms in total. The zero-order chi connectivity index (χ0) is 15.5. The minimum atomic E-state index is 0.291. The second-order valence-electron chi connectivity index (χ2n) is 6.50. The van der Waals surface area contributed by atoms with E-state index in [0.717, 1.165) is 44.2 Å². The van der Waals surface area contributed by atoms with Crippen LogP contribution in [-0.4, -0.2) is 39.1 Å². The van der Waals surface area contributed by atoms with Crippen molar-refractivity contribution in [3.8, 4) is 11.5 Å². The van der Waals surface area contributed by atoms with Gasteiger partial charge in [0.15, 0.2) is 11.5 Å². The first kappa shape index (κ1) is 15.2. The standard InChI is InChI=1S/C17H25N3O3/c1-2-14(21-7-1)5-6-18-9-13-10-19-20-17(13)12-3-4-15-16(8-12)23-11-22-15/h3-4,8,13-14,17-20H,1-2,5-7,9-11H2. The average Bonchev–Trinajstić information content (AvgIpc) is 3.31. The van der Waals surface area contributed by atoms with Crippen molar-refractivity contribution in [3.05, 3.63) is 23.8 Å². The maximum Gasteiger partial charge on any atom is 0.231 e. The first-order valence-electron chi connectivity index (χ1n) is 8.60. The van der Waals surface area contributed by atoms with Gasteiger partial charge < -0.3 is 19.5 Å². The number of hydrogen-bond acceptors (Lipinski definition) is 6. The predicted octanol–water partition coefficient (Wildman–Crippen LogP) is 1.34. The Morgan fingerprint density at radius 3 is 3.09 bits per heavy atom. The third kappa shape index (κ3) is 3.45. The third-order valence-corrected chi connectivity index (χ3v) is 4.92. The van der Waals surface area contributed by atoms with Crippen molar-refractivity contribution in [1.82, 2.24) is 16.2 Å². The molecule has 23 heavy (non-hydrogen) atoms. The van der Waals surface area contributed by atoms with E-state index >= 15 is 0 Å². The zero-order valence-corrected chi connectivity index (χ0v) is 13.3. The van der Waals surface area contributed by atoms with Gasteiger partial charge in [-0.1, -0.05) is 6.07 Å². The number of hydrogen-bond donors (Lipinski definition) is 3. The number of hydrazine groups is 1. The van der Waals surface area contributed by atoms with E-state index in [1.54, 1.807) is 0 Å². The summed E-state index contributed by atoms with van der Waals surface area (Å²) in [4.78, 5) is 0. The van der Waals surface area contributed by atoms with Crippen molar-refractivity contribution in [2.24, 2.45) is 5.92 Å². The molecule has 0 radical (unpaired) electrons. The molecule has 126 valence electrons. The Morgan fingerprint density at radius 1 is 1.22 bits per heavy atom. The van der Waals surface area contributed by atoms with E-state index in [-0.39, 0.29) is 0 Å². The van der Waals surface area contributed by atoms with Crippen LogP contribution in [-0.2, 0) is 4.74 Å². The summed E-state index contributed by atoms with van der Waals surface area (Å²) >= 11 is 0. The highest BCUT2D eigenvalue weighted by atomic mass is 16.7. The Kier molecular flexibility index (Phi) is 4.66. The fraction of sp³-hybridized carbons (Fsp3) is 0.647. The number of ether oxygens (including phenoxy) is 3. The summed E-state index contributed by atoms with van der Waals surface area (Å²) in [5.74, 6) is 2.20. The van der Waals surface area contributed by atoms with Crippen LogP contribution in [0.4, 0.5) is 0 Å². The van der Waals surface area contributed by atoms with E-state index in [1.165, 1.54) is 18.4 Å². The molecule has 0 aliphatic carbocycles. The van der Waals surface area contributed by atoms with E-state index < -0.39 is 0 Å². The van der Waals surface area contributed by atoms with Crippen LogP contribution in [0.3, 0.4) is 0 Å². The van der Waals surface area contributed by atoms with Crippen LogP contribution < -0.4 is 25.6 Å². The van der Waals surface area contributed by atoms with E-state index in [0.29, 0.717) is 24.9 Å². The van der Waals surface area contributed by atoms with Gasteiger partial charge >= 0.3 is 0 Å². The largest absolute Gasteiger partial charge is 0.454 e. The van der Waals surface area contributed by atoms with Gasteiger partial charge in [-0.05, 0) is 43.5 Å². The van der Waals surface area contributed by atoms with Crippen molar-refractivity contribution < 1.29 is 14.2 Å². The summed E-state index contributed by atoms with van der Waals surface area (Å²) in [6.07, 6.45) is 4.01. The Labute approximate surface area is 136 Å². The van der Waals surface area contributed by atoms with E-state index in [2.05, 4.69) is 28.3 Å². The first-order chi connectivity index (χ1) is 11.4. The summed E-state index contributed by atoms with van der Waals surface area (Å²) in [5, 5.41) is 3.59. The highest BCUT2D eigenvalue weighted by Crippen LogP contribution is 2.36. The topological polar surface area (TPSA) is 63.8 Å². The van der Waals surface area contributed by atoms with Crippen molar-refractivity contribution in [1.29, 1.82) is 0 Å². The monoisotopic (exact) mass is 319 g/mol. The molecule has 3 aliphatic rings. The van der Waals surface area contributed by atoms with Gasteiger partial charge in [-0.3, -0.25) is 5.43 Å². The smallest absolute Gasteiger partial charge is 0.231 e. The van der Waals surface area contributed by atoms with Gasteiger partial charge in [0, 0.05) is 25.6 Å². The lowest BCUT2D eigenvalue weighted by atomic mass is 9.94. The lowest BCUT2D eigenvalue weighted by Gasteiger charge is -2.20. The molecule has 0 saturated carbocycles. The van der Waals surface area contributed by atoms with Crippen molar-refractivity contribution in [2.75, 3.05) is 33.0 Å². The molecular weight excluding hydrogens is 294 g/mol. The Bertz CT molecular complexity index is 534. The van der Waals surface area contributed by atoms with Gasteiger partial charge in [0.2, 0.25) is 6.79 Å². The molecule has 3 heterocycles. The van der Waals surface area contributed by atoms with Crippen LogP contribution in [0.25, 0.3) is 0 Å². The molecule has 4 rings (SSSR count). The SMILES string of the molecule is c1cc2c(cc1C1NNCC1CNCCC1CCCO1)OCO2. The fourth-order valence-corrected chi connectivity index (χ4v) is 3.61. The molecule has 3 N–H and O–H groups in total. The third-order valence-electron chi connectivity index (χ3n) is 4.92. The predicted molar refractivity (Wildman–Crippen MR) is 86.4 cm³/mol. The van der Waals surface area contributed by atoms with E-state index in [4.69, 9.17) is 14.2 Å². The Balaban J connectivity index is 1.29. The van der Waals surface area contributed by atoms with Crippen molar-refractivity contribution >= 4 is 0 Å². The van der Waals surface area contributed by atoms with Gasteiger partial charge in [-0.15, -0.1) is 0 Å². The fourth-order valence-electron chi connectivity index (χ4n) is 3.61. The molecule has 2 saturated heterocycles. The Morgan fingerprint density at radius 2 is 2.17 bits per heavy atom. The highest BCUT2D eigenvalue weighted by Gasteiger charge is 2.29. The number of fused-ring (bicyclic) bond motifs is 1. The van der Waals surface area contributed by atoms with Crippen molar-refractivity contribution in [3.63, 3.8) is 0 Å². The minimum Gasteiger partial charge on any atom is -0.454 e. The average molecular weight is 319 g/mol. The van der Waals surface area contributed by atoms with Gasteiger partial charge in [0.25, 0.3) is 0 Å². The molecule has 3 unspecified atom stereocenters. The molecule has 0 amide bonds. The number of benzene rings is 1. The maximum atomic E-state index is 5.67. The zero-order valence-electron chi connectivity index (χ0n) is 13.3. The normalized spacial score (nSPS) is 29.3. The molecule has 0 spiro atoms. The molecule has 3 aliphatic heterocycles. The molecule has 1 aromatic carbocycles. The molecule has 6 heteroatoms. The van der Waals surface area contributed by atoms with E-state index in [9.17, 15) is 0 Å². The summed E-state index contributed by atoms with van der Waals surface area (Å²) in [7, 11) is 0. The lowest BCUT2D eigenvalue weighted by Crippen LogP contribution is -2.30. The van der Waals surface area contributed by atoms with Gasteiger partial charge in [-0.2, -0.15) is 0 Å². The lowest BCUT2D eigenvalue weighted by molar-refractivity contribution is 0.104. The summed E-state index contributed by atoms with van der Waals surface area (Å²) in [5.41, 5.74) is 7.91. The summed E-state index contributed by atoms with van der Waals surface area (Å²) in [6, 6.07) is 6.50. The van der Waals surface area contributed by atoms with E-state index in [1.807, 2.05) is 6.07 Å². The molecule has 3 atom stereocenters. The van der Waals surface area contributed by atoms with Gasteiger partial charge in [-0.25, -0.2) is 5.43 Å². The number of nitrogens with one attached hydrogen (secondary N) is 3. The second kappa shape index (κ2) is 7.05. The molecule has 2 fully saturated rings. The number of rotatable bonds is 6. The van der Waals surface area contributed by atoms with Crippen LogP contribution >= 0.6 is 0 Å². The van der Waals surface area contributed by atoms with Crippen LogP contribution in [0, 0.1) is 5.92 Å². The van der Waals surface area contributed by atoms with Crippen LogP contribution in [0.5, 0.6) is 11.5 Å². The summed E-state index contributed by atoms with van der Waals surface area (Å²) in [6.45, 7) is 4.24. The van der Waals surface area contributed by atoms with Crippen LogP contribution in [0.15, 0.2) is 18.2 Å². The summed E-state index contributed by atoms with van der Waals surface area (Å²) < 4.78 is 16.5. The quantitative estimate of drug-likeness (QED) is 0.688.